The van der Waals surface area contributed by atoms with Crippen LogP contribution in [0.25, 0.3) is 0 Å². The molecule has 0 aromatic rings. The Morgan fingerprint density at radius 2 is 2.00 bits per heavy atom. The fourth-order valence-electron chi connectivity index (χ4n) is 0.537. The zero-order valence-electron chi connectivity index (χ0n) is 5.66. The molecule has 1 atom stereocenters. The molecule has 0 aromatic heterocycles. The van der Waals surface area contributed by atoms with Gasteiger partial charge in [0.25, 0.3) is 0 Å². The Balaban J connectivity index is 3.33. The first kappa shape index (κ1) is 10.4. The summed E-state index contributed by atoms with van der Waals surface area (Å²) in [6.07, 6.45) is 2.40. The SMILES string of the molecule is CC(N)(CI)CCCI. The molecule has 0 aliphatic rings. The molecular formula is C6H13I2N. The monoisotopic (exact) mass is 353 g/mol. The zero-order valence-corrected chi connectivity index (χ0v) is 9.98. The summed E-state index contributed by atoms with van der Waals surface area (Å²) in [4.78, 5) is 0. The van der Waals surface area contributed by atoms with E-state index in [0.717, 1.165) is 10.8 Å². The van der Waals surface area contributed by atoms with Gasteiger partial charge in [-0.3, -0.25) is 0 Å². The Kier molecular flexibility index (Phi) is 5.93. The third-order valence-electron chi connectivity index (χ3n) is 1.19. The topological polar surface area (TPSA) is 26.0 Å². The molecule has 0 fully saturated rings. The van der Waals surface area contributed by atoms with Crippen molar-refractivity contribution in [2.24, 2.45) is 5.73 Å². The molecule has 0 spiro atoms. The lowest BCUT2D eigenvalue weighted by molar-refractivity contribution is 0.489. The van der Waals surface area contributed by atoms with Crippen LogP contribution in [0, 0.1) is 0 Å². The van der Waals surface area contributed by atoms with Gasteiger partial charge < -0.3 is 5.73 Å². The smallest absolute Gasteiger partial charge is 0.0216 e. The van der Waals surface area contributed by atoms with Crippen LogP contribution in [0.1, 0.15) is 19.8 Å². The average Bonchev–Trinajstić information content (AvgIpc) is 1.84. The van der Waals surface area contributed by atoms with Crippen molar-refractivity contribution in [3.05, 3.63) is 0 Å². The first-order chi connectivity index (χ1) is 4.12. The zero-order chi connectivity index (χ0) is 7.33. The predicted octanol–water partition coefficient (Wildman–Crippen LogP) is 2.35. The Morgan fingerprint density at radius 3 is 2.33 bits per heavy atom. The van der Waals surface area contributed by atoms with E-state index in [1.165, 1.54) is 10.8 Å². The molecule has 1 unspecified atom stereocenters. The highest BCUT2D eigenvalue weighted by molar-refractivity contribution is 14.1. The van der Waals surface area contributed by atoms with Crippen LogP contribution in [0.5, 0.6) is 0 Å². The van der Waals surface area contributed by atoms with Crippen molar-refractivity contribution in [1.29, 1.82) is 0 Å². The Morgan fingerprint density at radius 1 is 1.44 bits per heavy atom. The first-order valence-electron chi connectivity index (χ1n) is 3.03. The fraction of sp³-hybridized carbons (Fsp3) is 1.00. The minimum absolute atomic E-state index is 0.0751. The van der Waals surface area contributed by atoms with Gasteiger partial charge in [0.2, 0.25) is 0 Å². The van der Waals surface area contributed by atoms with Crippen LogP contribution in [-0.2, 0) is 0 Å². The maximum atomic E-state index is 5.89. The lowest BCUT2D eigenvalue weighted by Crippen LogP contribution is -2.37. The highest BCUT2D eigenvalue weighted by atomic mass is 127. The molecule has 0 saturated carbocycles. The van der Waals surface area contributed by atoms with E-state index in [2.05, 4.69) is 52.1 Å². The molecule has 0 rings (SSSR count). The number of nitrogens with two attached hydrogens (primary N) is 1. The minimum atomic E-state index is 0.0751. The Hall–Kier alpha value is 1.42. The van der Waals surface area contributed by atoms with Crippen molar-refractivity contribution in [2.75, 3.05) is 8.86 Å². The maximum Gasteiger partial charge on any atom is 0.0216 e. The number of alkyl halides is 2. The van der Waals surface area contributed by atoms with Crippen LogP contribution >= 0.6 is 45.2 Å². The second-order valence-electron chi connectivity index (χ2n) is 2.58. The largest absolute Gasteiger partial charge is 0.325 e. The van der Waals surface area contributed by atoms with Gasteiger partial charge in [-0.2, -0.15) is 0 Å². The second-order valence-corrected chi connectivity index (χ2v) is 4.42. The molecular weight excluding hydrogens is 340 g/mol. The van der Waals surface area contributed by atoms with E-state index in [4.69, 9.17) is 5.73 Å². The van der Waals surface area contributed by atoms with Gasteiger partial charge in [0, 0.05) is 9.97 Å². The molecule has 0 aliphatic heterocycles. The molecule has 0 bridgehead atoms. The van der Waals surface area contributed by atoms with Crippen LogP contribution < -0.4 is 5.73 Å². The van der Waals surface area contributed by atoms with Gasteiger partial charge >= 0.3 is 0 Å². The normalized spacial score (nSPS) is 17.3. The number of hydrogen-bond donors (Lipinski definition) is 1. The number of hydrogen-bond acceptors (Lipinski definition) is 1. The lowest BCUT2D eigenvalue weighted by atomic mass is 10.0. The van der Waals surface area contributed by atoms with Gasteiger partial charge in [-0.25, -0.2) is 0 Å². The van der Waals surface area contributed by atoms with Gasteiger partial charge in [0.05, 0.1) is 0 Å². The molecule has 0 aromatic carbocycles. The van der Waals surface area contributed by atoms with Gasteiger partial charge in [-0.05, 0) is 24.2 Å². The molecule has 9 heavy (non-hydrogen) atoms. The van der Waals surface area contributed by atoms with E-state index in [1.54, 1.807) is 0 Å². The molecule has 0 aliphatic carbocycles. The van der Waals surface area contributed by atoms with Crippen LogP contribution in [-0.4, -0.2) is 14.4 Å². The molecule has 2 N–H and O–H groups in total. The molecule has 0 radical (unpaired) electrons. The summed E-state index contributed by atoms with van der Waals surface area (Å²) >= 11 is 4.73. The standard InChI is InChI=1S/C6H13I2N/c1-6(9,5-8)3-2-4-7/h2-5,9H2,1H3. The van der Waals surface area contributed by atoms with Crippen molar-refractivity contribution >= 4 is 45.2 Å². The van der Waals surface area contributed by atoms with Gasteiger partial charge in [0.1, 0.15) is 0 Å². The van der Waals surface area contributed by atoms with Crippen molar-refractivity contribution in [3.63, 3.8) is 0 Å². The third kappa shape index (κ3) is 5.84. The van der Waals surface area contributed by atoms with E-state index in [0.29, 0.717) is 0 Å². The summed E-state index contributed by atoms with van der Waals surface area (Å²) in [5.41, 5.74) is 5.97. The van der Waals surface area contributed by atoms with E-state index in [9.17, 15) is 0 Å². The van der Waals surface area contributed by atoms with Crippen LogP contribution in [0.2, 0.25) is 0 Å². The number of halogens is 2. The minimum Gasteiger partial charge on any atom is -0.325 e. The molecule has 56 valence electrons. The summed E-state index contributed by atoms with van der Waals surface area (Å²) in [5, 5.41) is 0. The highest BCUT2D eigenvalue weighted by Gasteiger charge is 2.14. The van der Waals surface area contributed by atoms with Crippen molar-refractivity contribution in [1.82, 2.24) is 0 Å². The van der Waals surface area contributed by atoms with Gasteiger partial charge in [-0.1, -0.05) is 45.2 Å². The fourth-order valence-corrected chi connectivity index (χ4v) is 1.30. The molecule has 0 heterocycles. The Bertz CT molecular complexity index is 73.5. The Labute approximate surface area is 84.4 Å². The van der Waals surface area contributed by atoms with Crippen molar-refractivity contribution in [2.45, 2.75) is 25.3 Å². The maximum absolute atomic E-state index is 5.89. The first-order valence-corrected chi connectivity index (χ1v) is 6.08. The van der Waals surface area contributed by atoms with Crippen molar-refractivity contribution < 1.29 is 0 Å². The van der Waals surface area contributed by atoms with E-state index < -0.39 is 0 Å². The van der Waals surface area contributed by atoms with Gasteiger partial charge in [0.15, 0.2) is 0 Å². The summed E-state index contributed by atoms with van der Waals surface area (Å²) < 4.78 is 2.28. The highest BCUT2D eigenvalue weighted by Crippen LogP contribution is 2.12. The van der Waals surface area contributed by atoms with E-state index >= 15 is 0 Å². The van der Waals surface area contributed by atoms with Crippen LogP contribution in [0.4, 0.5) is 0 Å². The van der Waals surface area contributed by atoms with Crippen molar-refractivity contribution in [3.8, 4) is 0 Å². The summed E-state index contributed by atoms with van der Waals surface area (Å²) in [6, 6.07) is 0. The molecule has 1 nitrogen and oxygen atoms in total. The third-order valence-corrected chi connectivity index (χ3v) is 3.69. The predicted molar refractivity (Wildman–Crippen MR) is 59.6 cm³/mol. The summed E-state index contributed by atoms with van der Waals surface area (Å²) in [7, 11) is 0. The van der Waals surface area contributed by atoms with Gasteiger partial charge in [-0.15, -0.1) is 0 Å². The van der Waals surface area contributed by atoms with Crippen LogP contribution in [0.15, 0.2) is 0 Å². The van der Waals surface area contributed by atoms with E-state index in [1.807, 2.05) is 0 Å². The molecule has 0 saturated heterocycles. The molecule has 0 amide bonds. The van der Waals surface area contributed by atoms with Crippen LogP contribution in [0.3, 0.4) is 0 Å². The summed E-state index contributed by atoms with van der Waals surface area (Å²) in [6.45, 7) is 2.12. The molecule has 3 heteroatoms. The average molecular weight is 353 g/mol. The lowest BCUT2D eigenvalue weighted by Gasteiger charge is -2.20. The summed E-state index contributed by atoms with van der Waals surface area (Å²) in [5.74, 6) is 0. The number of rotatable bonds is 4. The van der Waals surface area contributed by atoms with E-state index in [-0.39, 0.29) is 5.54 Å². The second kappa shape index (κ2) is 5.12. The quantitative estimate of drug-likeness (QED) is 0.610.